The van der Waals surface area contributed by atoms with Gasteiger partial charge in [-0.05, 0) is 35.9 Å². The maximum Gasteiger partial charge on any atom is 0.306 e. The largest absolute Gasteiger partial charge is 0.508 e. The molecule has 2 heterocycles. The molecule has 0 aromatic heterocycles. The Hall–Kier alpha value is -2.85. The Morgan fingerprint density at radius 1 is 1.32 bits per heavy atom. The van der Waals surface area contributed by atoms with Gasteiger partial charge >= 0.3 is 5.79 Å². The van der Waals surface area contributed by atoms with Gasteiger partial charge in [-0.1, -0.05) is 36.0 Å². The number of phenols is 1. The average Bonchev–Trinajstić information content (AvgIpc) is 3.12. The topological polar surface area (TPSA) is 68.4 Å². The van der Waals surface area contributed by atoms with Crippen LogP contribution in [0.2, 0.25) is 0 Å². The fourth-order valence-corrected chi connectivity index (χ4v) is 3.75. The van der Waals surface area contributed by atoms with Crippen molar-refractivity contribution in [2.24, 2.45) is 4.99 Å². The molecule has 0 amide bonds. The van der Waals surface area contributed by atoms with Crippen molar-refractivity contribution in [1.82, 2.24) is 0 Å². The van der Waals surface area contributed by atoms with Gasteiger partial charge in [-0.2, -0.15) is 9.65 Å². The van der Waals surface area contributed by atoms with E-state index in [9.17, 15) is 9.50 Å². The lowest BCUT2D eigenvalue weighted by Gasteiger charge is -2.03. The molecular formula is C18H13F2N3OS. The van der Waals surface area contributed by atoms with Gasteiger partial charge < -0.3 is 10.4 Å². The number of anilines is 1. The molecule has 2 aromatic rings. The summed E-state index contributed by atoms with van der Waals surface area (Å²) < 4.78 is 13.9. The predicted molar refractivity (Wildman–Crippen MR) is 94.1 cm³/mol. The van der Waals surface area contributed by atoms with E-state index in [1.807, 2.05) is 24.3 Å². The van der Waals surface area contributed by atoms with Crippen molar-refractivity contribution in [3.8, 4) is 11.8 Å². The Kier molecular flexibility index (Phi) is 4.23. The first-order chi connectivity index (χ1) is 11.5. The van der Waals surface area contributed by atoms with E-state index in [0.717, 1.165) is 16.1 Å². The summed E-state index contributed by atoms with van der Waals surface area (Å²) in [6.45, 7) is 0. The Bertz CT molecular complexity index is 1030. The molecule has 2 atom stereocenters. The summed E-state index contributed by atoms with van der Waals surface area (Å²) in [6.07, 6.45) is 5.15. The number of benzene rings is 2. The number of nitriles is 1. The van der Waals surface area contributed by atoms with Crippen LogP contribution < -0.4 is 15.9 Å². The van der Waals surface area contributed by atoms with Gasteiger partial charge in [0, 0.05) is 15.8 Å². The van der Waals surface area contributed by atoms with Crippen molar-refractivity contribution in [3.05, 3.63) is 58.6 Å². The van der Waals surface area contributed by atoms with Crippen LogP contribution in [0, 0.1) is 11.3 Å². The number of hydrogen-bond donors (Lipinski definition) is 2. The number of nitrogens with one attached hydrogen (secondary N) is 1. The van der Waals surface area contributed by atoms with Crippen LogP contribution in [0.3, 0.4) is 0 Å². The first-order valence-electron chi connectivity index (χ1n) is 7.32. The van der Waals surface area contributed by atoms with Crippen LogP contribution in [0.5, 0.6) is 5.75 Å². The Labute approximate surface area is 146 Å². The molecule has 0 spiro atoms. The smallest absolute Gasteiger partial charge is 0.306 e. The monoisotopic (exact) mass is 357 g/mol. The van der Waals surface area contributed by atoms with Crippen LogP contribution in [0.1, 0.15) is 5.56 Å². The van der Waals surface area contributed by atoms with Gasteiger partial charge in [-0.25, -0.2) is 4.99 Å². The van der Waals surface area contributed by atoms with E-state index in [1.54, 1.807) is 42.1 Å². The molecule has 0 fully saturated rings. The standard InChI is InChI=1S/C18H12FN3OS.FH/c19-18(10-20)9-12-3-1-11(7-15(12)22-18)2-6-17-21-14-5-4-13(23)8-16(14)24-17;/h1-9,17,21,23H;1H/b6-2+;. The highest BCUT2D eigenvalue weighted by atomic mass is 32.2. The second-order valence-electron chi connectivity index (χ2n) is 5.58. The Morgan fingerprint density at radius 2 is 2.16 bits per heavy atom. The summed E-state index contributed by atoms with van der Waals surface area (Å²) >= 11 is 1.61. The molecule has 126 valence electrons. The number of rotatable bonds is 2. The zero-order valence-corrected chi connectivity index (χ0v) is 13.6. The number of thioether (sulfide) groups is 1. The van der Waals surface area contributed by atoms with Crippen LogP contribution in [-0.4, -0.2) is 16.3 Å². The number of nitrogens with zero attached hydrogens (tertiary/aromatic N) is 2. The highest BCUT2D eigenvalue weighted by Crippen LogP contribution is 2.40. The van der Waals surface area contributed by atoms with E-state index >= 15 is 0 Å². The minimum absolute atomic E-state index is 0. The number of phenolic OH excluding ortho intramolecular Hbond substituents is 1. The van der Waals surface area contributed by atoms with E-state index < -0.39 is 5.79 Å². The average molecular weight is 357 g/mol. The lowest BCUT2D eigenvalue weighted by atomic mass is 10.1. The molecule has 25 heavy (non-hydrogen) atoms. The van der Waals surface area contributed by atoms with Crippen molar-refractivity contribution in [2.45, 2.75) is 16.1 Å². The van der Waals surface area contributed by atoms with Gasteiger partial charge in [0.1, 0.15) is 11.8 Å². The van der Waals surface area contributed by atoms with Gasteiger partial charge in [-0.15, -0.1) is 0 Å². The highest BCUT2D eigenvalue weighted by Gasteiger charge is 2.28. The van der Waals surface area contributed by atoms with Gasteiger partial charge in [0.2, 0.25) is 0 Å². The third-order valence-electron chi connectivity index (χ3n) is 3.82. The molecule has 2 aliphatic heterocycles. The molecule has 4 rings (SSSR count). The van der Waals surface area contributed by atoms with Gasteiger partial charge in [0.25, 0.3) is 0 Å². The summed E-state index contributed by atoms with van der Waals surface area (Å²) in [5.41, 5.74) is 1.87. The zero-order chi connectivity index (χ0) is 16.7. The summed E-state index contributed by atoms with van der Waals surface area (Å²) in [5, 5.41) is 22.9. The first-order valence-corrected chi connectivity index (χ1v) is 8.20. The quantitative estimate of drug-likeness (QED) is 0.641. The Balaban J connectivity index is 0.00000182. The molecular weight excluding hydrogens is 344 g/mol. The fraction of sp³-hybridized carbons (Fsp3) is 0.111. The third-order valence-corrected chi connectivity index (χ3v) is 4.94. The second kappa shape index (κ2) is 6.22. The van der Waals surface area contributed by atoms with Crippen molar-refractivity contribution >= 4 is 29.6 Å². The number of alkyl halides is 1. The zero-order valence-electron chi connectivity index (χ0n) is 12.8. The van der Waals surface area contributed by atoms with Crippen molar-refractivity contribution < 1.29 is 14.2 Å². The molecule has 0 bridgehead atoms. The molecule has 7 heteroatoms. The van der Waals surface area contributed by atoms with Crippen LogP contribution in [-0.2, 0) is 0 Å². The highest BCUT2D eigenvalue weighted by molar-refractivity contribution is 8.00. The van der Waals surface area contributed by atoms with E-state index in [4.69, 9.17) is 5.26 Å². The number of halogens is 2. The van der Waals surface area contributed by atoms with Gasteiger partial charge in [0.15, 0.2) is 0 Å². The molecule has 0 saturated heterocycles. The summed E-state index contributed by atoms with van der Waals surface area (Å²) in [6, 6.07) is 12.2. The lowest BCUT2D eigenvalue weighted by molar-refractivity contribution is 0.342. The van der Waals surface area contributed by atoms with Crippen LogP contribution >= 0.6 is 11.8 Å². The van der Waals surface area contributed by atoms with Crippen LogP contribution in [0.4, 0.5) is 14.8 Å². The normalized spacial score (nSPS) is 22.8. The number of fused-ring (bicyclic) bond motifs is 2. The molecule has 0 saturated carbocycles. The van der Waals surface area contributed by atoms with Gasteiger partial charge in [0.05, 0.1) is 10.7 Å². The van der Waals surface area contributed by atoms with Crippen molar-refractivity contribution in [1.29, 1.82) is 5.26 Å². The second-order valence-corrected chi connectivity index (χ2v) is 6.77. The van der Waals surface area contributed by atoms with Crippen LogP contribution in [0.25, 0.3) is 12.2 Å². The lowest BCUT2D eigenvalue weighted by Crippen LogP contribution is -2.20. The van der Waals surface area contributed by atoms with Crippen LogP contribution in [0.15, 0.2) is 52.4 Å². The number of aromatic hydroxyl groups is 1. The van der Waals surface area contributed by atoms with E-state index in [1.165, 1.54) is 6.08 Å². The minimum Gasteiger partial charge on any atom is -0.508 e. The maximum atomic E-state index is 13.9. The minimum atomic E-state index is -2.25. The molecule has 0 aliphatic carbocycles. The Morgan fingerprint density at radius 3 is 2.96 bits per heavy atom. The van der Waals surface area contributed by atoms with E-state index in [2.05, 4.69) is 10.3 Å². The molecule has 0 radical (unpaired) electrons. The van der Waals surface area contributed by atoms with E-state index in [0.29, 0.717) is 10.6 Å². The van der Waals surface area contributed by atoms with Crippen molar-refractivity contribution in [2.75, 3.05) is 5.32 Å². The molecule has 2 aliphatic rings. The van der Waals surface area contributed by atoms with Gasteiger partial charge in [-0.3, -0.25) is 4.70 Å². The van der Waals surface area contributed by atoms with Crippen molar-refractivity contribution in [3.63, 3.8) is 0 Å². The molecule has 4 nitrogen and oxygen atoms in total. The first kappa shape index (κ1) is 17.0. The number of hydrogen-bond acceptors (Lipinski definition) is 5. The van der Waals surface area contributed by atoms with E-state index in [-0.39, 0.29) is 15.8 Å². The third kappa shape index (κ3) is 3.21. The molecule has 2 unspecified atom stereocenters. The fourth-order valence-electron chi connectivity index (χ4n) is 2.69. The summed E-state index contributed by atoms with van der Waals surface area (Å²) in [7, 11) is 0. The molecule has 2 N–H and O–H groups in total. The summed E-state index contributed by atoms with van der Waals surface area (Å²) in [5.74, 6) is -2.01. The SMILES string of the molecule is F.N#CC1(F)C=c2ccc(/C=C/C3Nc4ccc(O)cc4S3)cc2=N1. The molecule has 2 aromatic carbocycles. The maximum absolute atomic E-state index is 13.9. The summed E-state index contributed by atoms with van der Waals surface area (Å²) in [4.78, 5) is 4.82. The predicted octanol–water partition coefficient (Wildman–Crippen LogP) is 2.70.